The van der Waals surface area contributed by atoms with Gasteiger partial charge in [-0.2, -0.15) is 0 Å². The maximum Gasteiger partial charge on any atom is 0.264 e. The van der Waals surface area contributed by atoms with Gasteiger partial charge in [0, 0.05) is 19.2 Å². The van der Waals surface area contributed by atoms with Crippen LogP contribution in [-0.4, -0.2) is 47.2 Å². The average Bonchev–Trinajstić information content (AvgIpc) is 3.31. The summed E-state index contributed by atoms with van der Waals surface area (Å²) in [4.78, 5) is 12.8. The Morgan fingerprint density at radius 3 is 2.53 bits per heavy atom. The van der Waals surface area contributed by atoms with E-state index in [1.54, 1.807) is 48.5 Å². The van der Waals surface area contributed by atoms with Gasteiger partial charge < -0.3 is 14.8 Å². The van der Waals surface area contributed by atoms with Crippen LogP contribution in [0.2, 0.25) is 0 Å². The standard InChI is InChI=1S/C24H32N2O5S/c1-19-11-13-23(14-12-19)32(28,29)26(20-7-5-10-22(17-20)30-2)18-24(27)25-15-6-16-31-21-8-3-4-9-21/h5,7,10-14,17,21H,3-4,6,8-9,15-16,18H2,1-2H3,(H,25,27). The van der Waals surface area contributed by atoms with Gasteiger partial charge in [-0.25, -0.2) is 8.42 Å². The Bertz CT molecular complexity index is 986. The Morgan fingerprint density at radius 1 is 1.12 bits per heavy atom. The largest absolute Gasteiger partial charge is 0.497 e. The van der Waals surface area contributed by atoms with Gasteiger partial charge in [-0.15, -0.1) is 0 Å². The molecule has 1 aliphatic carbocycles. The molecule has 2 aromatic carbocycles. The topological polar surface area (TPSA) is 84.9 Å². The fourth-order valence-corrected chi connectivity index (χ4v) is 5.12. The maximum atomic E-state index is 13.4. The highest BCUT2D eigenvalue weighted by Crippen LogP contribution is 2.27. The maximum absolute atomic E-state index is 13.4. The van der Waals surface area contributed by atoms with E-state index in [-0.39, 0.29) is 17.3 Å². The van der Waals surface area contributed by atoms with Crippen molar-refractivity contribution < 1.29 is 22.7 Å². The SMILES string of the molecule is COc1cccc(N(CC(=O)NCCCOC2CCCC2)S(=O)(=O)c2ccc(C)cc2)c1. The first-order chi connectivity index (χ1) is 15.4. The number of amides is 1. The monoisotopic (exact) mass is 460 g/mol. The van der Waals surface area contributed by atoms with Crippen LogP contribution in [0.15, 0.2) is 53.4 Å². The molecule has 174 valence electrons. The van der Waals surface area contributed by atoms with Gasteiger partial charge in [0.05, 0.1) is 23.8 Å². The molecule has 0 aliphatic heterocycles. The highest BCUT2D eigenvalue weighted by atomic mass is 32.2. The Kier molecular flexibility index (Phi) is 8.53. The lowest BCUT2D eigenvalue weighted by Gasteiger charge is -2.24. The van der Waals surface area contributed by atoms with E-state index in [9.17, 15) is 13.2 Å². The minimum atomic E-state index is -3.95. The van der Waals surface area contributed by atoms with E-state index < -0.39 is 10.0 Å². The zero-order chi connectivity index (χ0) is 23.0. The van der Waals surface area contributed by atoms with Crippen molar-refractivity contribution in [2.75, 3.05) is 31.1 Å². The lowest BCUT2D eigenvalue weighted by molar-refractivity contribution is -0.119. The quantitative estimate of drug-likeness (QED) is 0.517. The first-order valence-electron chi connectivity index (χ1n) is 11.0. The molecular weight excluding hydrogens is 428 g/mol. The van der Waals surface area contributed by atoms with Gasteiger partial charge >= 0.3 is 0 Å². The molecule has 0 atom stereocenters. The molecule has 0 heterocycles. The number of nitrogens with zero attached hydrogens (tertiary/aromatic N) is 1. The summed E-state index contributed by atoms with van der Waals surface area (Å²) in [6, 6.07) is 13.3. The van der Waals surface area contributed by atoms with Crippen molar-refractivity contribution in [3.63, 3.8) is 0 Å². The second-order valence-corrected chi connectivity index (χ2v) is 9.87. The van der Waals surface area contributed by atoms with Crippen LogP contribution < -0.4 is 14.4 Å². The predicted molar refractivity (Wildman–Crippen MR) is 125 cm³/mol. The molecular formula is C24H32N2O5S. The van der Waals surface area contributed by atoms with E-state index in [1.807, 2.05) is 6.92 Å². The number of benzene rings is 2. The Labute approximate surface area is 190 Å². The summed E-state index contributed by atoms with van der Waals surface area (Å²) in [5, 5.41) is 2.81. The molecule has 0 bridgehead atoms. The molecule has 1 fully saturated rings. The number of hydrogen-bond acceptors (Lipinski definition) is 5. The van der Waals surface area contributed by atoms with Gasteiger partial charge in [0.2, 0.25) is 5.91 Å². The molecule has 1 N–H and O–H groups in total. The molecule has 0 radical (unpaired) electrons. The summed E-state index contributed by atoms with van der Waals surface area (Å²) < 4.78 is 38.9. The summed E-state index contributed by atoms with van der Waals surface area (Å²) in [5.41, 5.74) is 1.32. The smallest absolute Gasteiger partial charge is 0.264 e. The normalized spacial score (nSPS) is 14.3. The van der Waals surface area contributed by atoms with Crippen LogP contribution in [0.3, 0.4) is 0 Å². The first kappa shape index (κ1) is 24.1. The molecule has 32 heavy (non-hydrogen) atoms. The average molecular weight is 461 g/mol. The van der Waals surface area contributed by atoms with Crippen molar-refractivity contribution in [2.24, 2.45) is 0 Å². The Balaban J connectivity index is 1.68. The fraction of sp³-hybridized carbons (Fsp3) is 0.458. The van der Waals surface area contributed by atoms with Gasteiger partial charge in [-0.3, -0.25) is 9.10 Å². The van der Waals surface area contributed by atoms with Crippen LogP contribution in [0.5, 0.6) is 5.75 Å². The van der Waals surface area contributed by atoms with Crippen LogP contribution in [0.4, 0.5) is 5.69 Å². The van der Waals surface area contributed by atoms with Gasteiger partial charge in [-0.1, -0.05) is 36.6 Å². The molecule has 1 amide bonds. The van der Waals surface area contributed by atoms with Crippen molar-refractivity contribution >= 4 is 21.6 Å². The number of anilines is 1. The van der Waals surface area contributed by atoms with Crippen molar-refractivity contribution in [1.29, 1.82) is 0 Å². The number of methoxy groups -OCH3 is 1. The molecule has 2 aromatic rings. The van der Waals surface area contributed by atoms with E-state index in [2.05, 4.69) is 5.32 Å². The van der Waals surface area contributed by atoms with Gasteiger partial charge in [-0.05, 0) is 50.5 Å². The van der Waals surface area contributed by atoms with Crippen molar-refractivity contribution in [1.82, 2.24) is 5.32 Å². The molecule has 8 heteroatoms. The second kappa shape index (κ2) is 11.3. The third-order valence-corrected chi connectivity index (χ3v) is 7.32. The van der Waals surface area contributed by atoms with Gasteiger partial charge in [0.15, 0.2) is 0 Å². The molecule has 0 spiro atoms. The van der Waals surface area contributed by atoms with Gasteiger partial charge in [0.1, 0.15) is 12.3 Å². The summed E-state index contributed by atoms with van der Waals surface area (Å²) in [6.07, 6.45) is 5.69. The van der Waals surface area contributed by atoms with E-state index in [0.29, 0.717) is 37.1 Å². The number of nitrogens with one attached hydrogen (secondary N) is 1. The van der Waals surface area contributed by atoms with E-state index >= 15 is 0 Å². The summed E-state index contributed by atoms with van der Waals surface area (Å²) >= 11 is 0. The van der Waals surface area contributed by atoms with E-state index in [4.69, 9.17) is 9.47 Å². The van der Waals surface area contributed by atoms with E-state index in [1.165, 1.54) is 20.0 Å². The molecule has 1 saturated carbocycles. The zero-order valence-corrected chi connectivity index (χ0v) is 19.6. The lowest BCUT2D eigenvalue weighted by atomic mass is 10.2. The number of sulfonamides is 1. The van der Waals surface area contributed by atoms with Crippen LogP contribution in [0, 0.1) is 6.92 Å². The summed E-state index contributed by atoms with van der Waals surface area (Å²) in [7, 11) is -2.43. The number of carbonyl (C=O) groups excluding carboxylic acids is 1. The van der Waals surface area contributed by atoms with Crippen molar-refractivity contribution in [2.45, 2.75) is 50.0 Å². The fourth-order valence-electron chi connectivity index (χ4n) is 3.71. The molecule has 0 saturated heterocycles. The molecule has 3 rings (SSSR count). The number of carbonyl (C=O) groups is 1. The number of aryl methyl sites for hydroxylation is 1. The summed E-state index contributed by atoms with van der Waals surface area (Å²) in [5.74, 6) is 0.139. The highest BCUT2D eigenvalue weighted by Gasteiger charge is 2.27. The third-order valence-electron chi connectivity index (χ3n) is 5.54. The van der Waals surface area contributed by atoms with Crippen molar-refractivity contribution in [3.05, 3.63) is 54.1 Å². The molecule has 0 aromatic heterocycles. The molecule has 1 aliphatic rings. The minimum absolute atomic E-state index is 0.128. The zero-order valence-electron chi connectivity index (χ0n) is 18.7. The number of ether oxygens (including phenoxy) is 2. The van der Waals surface area contributed by atoms with Crippen LogP contribution in [0.25, 0.3) is 0 Å². The van der Waals surface area contributed by atoms with Crippen LogP contribution in [-0.2, 0) is 19.6 Å². The summed E-state index contributed by atoms with van der Waals surface area (Å²) in [6.45, 7) is 2.58. The first-order valence-corrected chi connectivity index (χ1v) is 12.5. The van der Waals surface area contributed by atoms with Crippen LogP contribution >= 0.6 is 0 Å². The van der Waals surface area contributed by atoms with Gasteiger partial charge in [0.25, 0.3) is 10.0 Å². The Morgan fingerprint density at radius 2 is 1.84 bits per heavy atom. The van der Waals surface area contributed by atoms with E-state index in [0.717, 1.165) is 22.7 Å². The number of rotatable bonds is 11. The van der Waals surface area contributed by atoms with Crippen LogP contribution in [0.1, 0.15) is 37.7 Å². The molecule has 0 unspecified atom stereocenters. The highest BCUT2D eigenvalue weighted by molar-refractivity contribution is 7.92. The lowest BCUT2D eigenvalue weighted by Crippen LogP contribution is -2.41. The number of hydrogen-bond donors (Lipinski definition) is 1. The Hall–Kier alpha value is -2.58. The molecule has 7 nitrogen and oxygen atoms in total. The predicted octanol–water partition coefficient (Wildman–Crippen LogP) is 3.66. The minimum Gasteiger partial charge on any atom is -0.497 e. The third kappa shape index (κ3) is 6.46. The van der Waals surface area contributed by atoms with Crippen molar-refractivity contribution in [3.8, 4) is 5.75 Å². The second-order valence-electron chi connectivity index (χ2n) is 8.01.